The lowest BCUT2D eigenvalue weighted by atomic mass is 10.0. The van der Waals surface area contributed by atoms with Gasteiger partial charge in [-0.1, -0.05) is 36.4 Å². The normalized spacial score (nSPS) is 10.6. The first kappa shape index (κ1) is 22.6. The van der Waals surface area contributed by atoms with Crippen molar-refractivity contribution in [2.24, 2.45) is 0 Å². The number of amides is 1. The maximum absolute atomic E-state index is 13.4. The number of ketones is 1. The highest BCUT2D eigenvalue weighted by molar-refractivity contribution is 6.47. The minimum atomic E-state index is -0.918. The van der Waals surface area contributed by atoms with Crippen molar-refractivity contribution >= 4 is 28.9 Å². The van der Waals surface area contributed by atoms with Crippen molar-refractivity contribution in [1.29, 1.82) is 0 Å². The van der Waals surface area contributed by atoms with Gasteiger partial charge < -0.3 is 23.9 Å². The van der Waals surface area contributed by atoms with Gasteiger partial charge in [0.05, 0.1) is 32.6 Å². The van der Waals surface area contributed by atoms with Gasteiger partial charge in [-0.05, 0) is 23.8 Å². The summed E-state index contributed by atoms with van der Waals surface area (Å²) in [6, 6.07) is 19.5. The molecule has 0 aliphatic rings. The average Bonchev–Trinajstić information content (AvgIpc) is 3.27. The predicted octanol–water partition coefficient (Wildman–Crippen LogP) is 4.23. The Bertz CT molecular complexity index is 1390. The summed E-state index contributed by atoms with van der Waals surface area (Å²) in [6.45, 7) is 0. The molecule has 0 saturated heterocycles. The number of ether oxygens (including phenoxy) is 3. The Morgan fingerprint density at radius 3 is 2.18 bits per heavy atom. The van der Waals surface area contributed by atoms with Crippen LogP contribution in [0.4, 0.5) is 5.69 Å². The van der Waals surface area contributed by atoms with Crippen LogP contribution >= 0.6 is 0 Å². The van der Waals surface area contributed by atoms with Crippen LogP contribution in [0.3, 0.4) is 0 Å². The molecule has 1 amide bonds. The summed E-state index contributed by atoms with van der Waals surface area (Å²) in [5.74, 6) is -1.84. The van der Waals surface area contributed by atoms with Crippen molar-refractivity contribution in [2.45, 2.75) is 0 Å². The van der Waals surface area contributed by atoms with E-state index in [2.05, 4.69) is 5.32 Å². The minimum Gasteiger partial charge on any atom is -0.493 e. The van der Waals surface area contributed by atoms with Crippen LogP contribution in [0, 0.1) is 0 Å². The standard InChI is InChI=1S/C26H22N2O6/c1-32-21-14-19(26(31)34-3)20(15-22(21)33-2)27-25(30)24(29)23-18(16-9-5-4-6-10-16)13-17-11-7-8-12-28(17)23/h4-15H,1-3H3,(H,27,30). The molecule has 0 fully saturated rings. The number of anilines is 1. The van der Waals surface area contributed by atoms with E-state index in [-0.39, 0.29) is 28.4 Å². The number of methoxy groups -OCH3 is 3. The Kier molecular flexibility index (Phi) is 6.31. The van der Waals surface area contributed by atoms with Gasteiger partial charge in [0.1, 0.15) is 5.69 Å². The van der Waals surface area contributed by atoms with E-state index < -0.39 is 17.7 Å². The van der Waals surface area contributed by atoms with Gasteiger partial charge in [-0.25, -0.2) is 4.79 Å². The van der Waals surface area contributed by atoms with Crippen LogP contribution in [-0.4, -0.2) is 43.4 Å². The van der Waals surface area contributed by atoms with Gasteiger partial charge in [0, 0.05) is 29.4 Å². The van der Waals surface area contributed by atoms with Crippen LogP contribution in [0.2, 0.25) is 0 Å². The number of benzene rings is 2. The molecule has 8 nitrogen and oxygen atoms in total. The zero-order chi connectivity index (χ0) is 24.2. The average molecular weight is 458 g/mol. The van der Waals surface area contributed by atoms with Crippen LogP contribution in [0.5, 0.6) is 11.5 Å². The van der Waals surface area contributed by atoms with Crippen molar-refractivity contribution in [3.8, 4) is 22.6 Å². The fraction of sp³-hybridized carbons (Fsp3) is 0.115. The molecule has 2 aromatic heterocycles. The second-order valence-electron chi connectivity index (χ2n) is 7.30. The van der Waals surface area contributed by atoms with Crippen molar-refractivity contribution in [3.05, 3.63) is 84.2 Å². The summed E-state index contributed by atoms with van der Waals surface area (Å²) < 4.78 is 17.0. The van der Waals surface area contributed by atoms with Crippen LogP contribution in [0.1, 0.15) is 20.8 Å². The largest absolute Gasteiger partial charge is 0.493 e. The maximum atomic E-state index is 13.4. The van der Waals surface area contributed by atoms with E-state index in [9.17, 15) is 14.4 Å². The van der Waals surface area contributed by atoms with Gasteiger partial charge in [0.15, 0.2) is 11.5 Å². The quantitative estimate of drug-likeness (QED) is 0.253. The minimum absolute atomic E-state index is 0.0181. The first-order chi connectivity index (χ1) is 16.5. The van der Waals surface area contributed by atoms with Crippen molar-refractivity contribution in [1.82, 2.24) is 4.40 Å². The molecule has 0 saturated carbocycles. The summed E-state index contributed by atoms with van der Waals surface area (Å²) >= 11 is 0. The Morgan fingerprint density at radius 2 is 1.50 bits per heavy atom. The third kappa shape index (κ3) is 4.09. The molecule has 4 aromatic rings. The van der Waals surface area contributed by atoms with E-state index in [1.54, 1.807) is 16.7 Å². The number of aromatic nitrogens is 1. The maximum Gasteiger partial charge on any atom is 0.340 e. The van der Waals surface area contributed by atoms with Gasteiger partial charge in [-0.2, -0.15) is 0 Å². The number of fused-ring (bicyclic) bond motifs is 1. The molecule has 2 aromatic carbocycles. The molecule has 0 radical (unpaired) electrons. The first-order valence-corrected chi connectivity index (χ1v) is 10.3. The zero-order valence-electron chi connectivity index (χ0n) is 18.8. The molecule has 0 spiro atoms. The van der Waals surface area contributed by atoms with E-state index in [0.29, 0.717) is 5.56 Å². The Hall–Kier alpha value is -4.59. The number of hydrogen-bond acceptors (Lipinski definition) is 6. The van der Waals surface area contributed by atoms with Gasteiger partial charge >= 0.3 is 5.97 Å². The highest BCUT2D eigenvalue weighted by atomic mass is 16.5. The molecule has 0 aliphatic carbocycles. The monoisotopic (exact) mass is 458 g/mol. The summed E-state index contributed by atoms with van der Waals surface area (Å²) in [6.07, 6.45) is 1.72. The molecule has 0 unspecified atom stereocenters. The molecule has 8 heteroatoms. The molecular formula is C26H22N2O6. The molecule has 34 heavy (non-hydrogen) atoms. The van der Waals surface area contributed by atoms with Crippen LogP contribution < -0.4 is 14.8 Å². The SMILES string of the molecule is COC(=O)c1cc(OC)c(OC)cc1NC(=O)C(=O)c1c(-c2ccccc2)cc2ccccn12. The molecule has 0 atom stereocenters. The van der Waals surface area contributed by atoms with E-state index in [4.69, 9.17) is 14.2 Å². The molecule has 172 valence electrons. The van der Waals surface area contributed by atoms with Crippen LogP contribution in [0.25, 0.3) is 16.6 Å². The molecule has 1 N–H and O–H groups in total. The molecule has 0 aliphatic heterocycles. The van der Waals surface area contributed by atoms with E-state index >= 15 is 0 Å². The number of esters is 1. The summed E-state index contributed by atoms with van der Waals surface area (Å²) in [5.41, 5.74) is 2.46. The van der Waals surface area contributed by atoms with Crippen LogP contribution in [0.15, 0.2) is 72.9 Å². The van der Waals surface area contributed by atoms with E-state index in [1.807, 2.05) is 48.5 Å². The number of hydrogen-bond donors (Lipinski definition) is 1. The van der Waals surface area contributed by atoms with Gasteiger partial charge in [-0.15, -0.1) is 0 Å². The van der Waals surface area contributed by atoms with Gasteiger partial charge in [0.2, 0.25) is 0 Å². The number of nitrogens with zero attached hydrogens (tertiary/aromatic N) is 1. The number of nitrogens with one attached hydrogen (secondary N) is 1. The van der Waals surface area contributed by atoms with Gasteiger partial charge in [0.25, 0.3) is 11.7 Å². The lowest BCUT2D eigenvalue weighted by Gasteiger charge is -2.14. The van der Waals surface area contributed by atoms with Crippen LogP contribution in [-0.2, 0) is 9.53 Å². The molecule has 4 rings (SSSR count). The summed E-state index contributed by atoms with van der Waals surface area (Å²) in [5, 5.41) is 2.55. The lowest BCUT2D eigenvalue weighted by molar-refractivity contribution is -0.112. The second-order valence-corrected chi connectivity index (χ2v) is 7.30. The number of carbonyl (C=O) groups excluding carboxylic acids is 3. The Balaban J connectivity index is 1.78. The molecule has 2 heterocycles. The fourth-order valence-electron chi connectivity index (χ4n) is 3.74. The van der Waals surface area contributed by atoms with E-state index in [1.165, 1.54) is 33.5 Å². The number of carbonyl (C=O) groups is 3. The fourth-order valence-corrected chi connectivity index (χ4v) is 3.74. The lowest BCUT2D eigenvalue weighted by Crippen LogP contribution is -2.26. The van der Waals surface area contributed by atoms with Crippen molar-refractivity contribution in [3.63, 3.8) is 0 Å². The number of rotatable bonds is 7. The highest BCUT2D eigenvalue weighted by Crippen LogP contribution is 2.34. The Morgan fingerprint density at radius 1 is 0.824 bits per heavy atom. The topological polar surface area (TPSA) is 95.3 Å². The highest BCUT2D eigenvalue weighted by Gasteiger charge is 2.27. The van der Waals surface area contributed by atoms with Crippen molar-refractivity contribution < 1.29 is 28.6 Å². The number of Topliss-reactive ketones (excluding diaryl/α,β-unsaturated/α-hetero) is 1. The summed E-state index contributed by atoms with van der Waals surface area (Å²) in [4.78, 5) is 38.9. The first-order valence-electron chi connectivity index (χ1n) is 10.3. The van der Waals surface area contributed by atoms with E-state index in [0.717, 1.165) is 11.1 Å². The zero-order valence-corrected chi connectivity index (χ0v) is 18.8. The van der Waals surface area contributed by atoms with Gasteiger partial charge in [-0.3, -0.25) is 9.59 Å². The second kappa shape index (κ2) is 9.50. The third-order valence-corrected chi connectivity index (χ3v) is 5.36. The molecular weight excluding hydrogens is 436 g/mol. The Labute approximate surface area is 195 Å². The molecule has 0 bridgehead atoms. The number of pyridine rings is 1. The smallest absolute Gasteiger partial charge is 0.340 e. The van der Waals surface area contributed by atoms with Crippen molar-refractivity contribution in [2.75, 3.05) is 26.6 Å². The third-order valence-electron chi connectivity index (χ3n) is 5.36. The predicted molar refractivity (Wildman–Crippen MR) is 127 cm³/mol. The summed E-state index contributed by atoms with van der Waals surface area (Å²) in [7, 11) is 4.06.